The van der Waals surface area contributed by atoms with Crippen LogP contribution in [0, 0.1) is 11.8 Å². The Morgan fingerprint density at radius 1 is 1.09 bits per heavy atom. The van der Waals surface area contributed by atoms with Gasteiger partial charge in [0.2, 0.25) is 5.91 Å². The number of hydrogen-bond acceptors (Lipinski definition) is 7. The lowest BCUT2D eigenvalue weighted by atomic mass is 9.99. The second kappa shape index (κ2) is 20.3. The molecule has 0 spiro atoms. The molecule has 34 heavy (non-hydrogen) atoms. The Hall–Kier alpha value is -0.920. The quantitative estimate of drug-likeness (QED) is 0.336. The van der Waals surface area contributed by atoms with E-state index in [-0.39, 0.29) is 23.7 Å². The summed E-state index contributed by atoms with van der Waals surface area (Å²) in [7, 11) is 4.76. The van der Waals surface area contributed by atoms with Crippen LogP contribution in [0.2, 0.25) is 0 Å². The molecule has 4 atom stereocenters. The lowest BCUT2D eigenvalue weighted by Crippen LogP contribution is -2.40. The van der Waals surface area contributed by atoms with E-state index in [1.54, 1.807) is 0 Å². The smallest absolute Gasteiger partial charge is 0.221 e. The Balaban J connectivity index is 2.69. The van der Waals surface area contributed by atoms with Gasteiger partial charge in [0.25, 0.3) is 0 Å². The zero-order valence-electron chi connectivity index (χ0n) is 21.8. The van der Waals surface area contributed by atoms with E-state index in [4.69, 9.17) is 0 Å². The first-order chi connectivity index (χ1) is 16.5. The summed E-state index contributed by atoms with van der Waals surface area (Å²) in [4.78, 5) is 37.7. The maximum absolute atomic E-state index is 12.6. The minimum atomic E-state index is -0.206. The molecule has 0 radical (unpaired) electrons. The zero-order chi connectivity index (χ0) is 25.0. The zero-order valence-corrected chi connectivity index (χ0v) is 22.8. The predicted octanol–water partition coefficient (Wildman–Crippen LogP) is 1.29. The number of likely N-dealkylation sites (N-methyl/N-ethyl adjacent to an activating group) is 1. The van der Waals surface area contributed by atoms with E-state index in [2.05, 4.69) is 26.6 Å². The minimum Gasteiger partial charge on any atom is -0.355 e. The van der Waals surface area contributed by atoms with Crippen molar-refractivity contribution in [1.29, 1.82) is 0 Å². The fraction of sp³-hybridized carbons (Fsp3) is 0.880. The molecule has 4 unspecified atom stereocenters. The summed E-state index contributed by atoms with van der Waals surface area (Å²) in [5.74, 6) is 0.725. The molecule has 1 heterocycles. The highest BCUT2D eigenvalue weighted by atomic mass is 31.1. The first-order valence-corrected chi connectivity index (χ1v) is 14.7. The molecule has 1 saturated heterocycles. The monoisotopic (exact) mass is 499 g/mol. The molecule has 0 bridgehead atoms. The molecule has 0 aromatic rings. The number of carbonyl (C=O) groups excluding carboxylic acids is 3. The van der Waals surface area contributed by atoms with E-state index in [1.165, 1.54) is 6.16 Å². The van der Waals surface area contributed by atoms with Crippen LogP contribution >= 0.6 is 8.58 Å². The van der Waals surface area contributed by atoms with Crippen molar-refractivity contribution in [2.24, 2.45) is 11.8 Å². The van der Waals surface area contributed by atoms with Gasteiger partial charge in [0.15, 0.2) is 5.78 Å². The van der Waals surface area contributed by atoms with Crippen molar-refractivity contribution in [3.63, 3.8) is 0 Å². The van der Waals surface area contributed by atoms with Crippen LogP contribution in [0.3, 0.4) is 0 Å². The van der Waals surface area contributed by atoms with Crippen LogP contribution in [-0.2, 0) is 14.4 Å². The van der Waals surface area contributed by atoms with E-state index in [1.807, 2.05) is 21.0 Å². The summed E-state index contributed by atoms with van der Waals surface area (Å²) >= 11 is 0. The van der Waals surface area contributed by atoms with Gasteiger partial charge in [-0.1, -0.05) is 13.3 Å². The largest absolute Gasteiger partial charge is 0.355 e. The molecule has 1 amide bonds. The molecule has 1 fully saturated rings. The van der Waals surface area contributed by atoms with Gasteiger partial charge in [0.05, 0.1) is 6.54 Å². The fourth-order valence-corrected chi connectivity index (χ4v) is 5.74. The molecule has 0 aliphatic carbocycles. The molecule has 198 valence electrons. The van der Waals surface area contributed by atoms with Crippen molar-refractivity contribution in [2.45, 2.75) is 64.3 Å². The Kier molecular flexibility index (Phi) is 18.6. The SMILES string of the molecule is CCNCC(=O)C1CCNCCCC(=O)CC(CNC)CPCCCCC(NC)CC(=O)NC1. The van der Waals surface area contributed by atoms with E-state index >= 15 is 0 Å². The summed E-state index contributed by atoms with van der Waals surface area (Å²) in [6, 6.07) is 0.157. The molecule has 0 aromatic heterocycles. The van der Waals surface area contributed by atoms with Gasteiger partial charge in [-0.05, 0) is 84.2 Å². The number of hydrogen-bond donors (Lipinski definition) is 5. The van der Waals surface area contributed by atoms with Crippen LogP contribution in [0.1, 0.15) is 58.3 Å². The molecule has 1 aliphatic rings. The lowest BCUT2D eigenvalue weighted by Gasteiger charge is -2.19. The van der Waals surface area contributed by atoms with Crippen LogP contribution in [0.15, 0.2) is 0 Å². The van der Waals surface area contributed by atoms with Gasteiger partial charge in [-0.25, -0.2) is 0 Å². The Morgan fingerprint density at radius 2 is 1.91 bits per heavy atom. The highest BCUT2D eigenvalue weighted by Gasteiger charge is 2.20. The van der Waals surface area contributed by atoms with Crippen molar-refractivity contribution >= 4 is 26.1 Å². The molecule has 5 N–H and O–H groups in total. The van der Waals surface area contributed by atoms with Crippen LogP contribution in [-0.4, -0.2) is 89.2 Å². The summed E-state index contributed by atoms with van der Waals surface area (Å²) in [6.07, 6.45) is 8.76. The first kappa shape index (κ1) is 31.1. The fourth-order valence-electron chi connectivity index (χ4n) is 4.34. The Morgan fingerprint density at radius 3 is 2.65 bits per heavy atom. The van der Waals surface area contributed by atoms with Crippen molar-refractivity contribution in [2.75, 3.05) is 65.7 Å². The molecule has 8 nitrogen and oxygen atoms in total. The maximum Gasteiger partial charge on any atom is 0.221 e. The lowest BCUT2D eigenvalue weighted by molar-refractivity contribution is -0.124. The van der Waals surface area contributed by atoms with Crippen molar-refractivity contribution in [1.82, 2.24) is 26.6 Å². The summed E-state index contributed by atoms with van der Waals surface area (Å²) in [5.41, 5.74) is 0. The second-order valence-electron chi connectivity index (χ2n) is 9.45. The van der Waals surface area contributed by atoms with E-state index in [0.717, 1.165) is 60.1 Å². The molecule has 1 aliphatic heterocycles. The van der Waals surface area contributed by atoms with Crippen LogP contribution in [0.4, 0.5) is 0 Å². The normalized spacial score (nSPS) is 26.5. The number of rotatable bonds is 7. The standard InChI is InChI=1S/C25H50N5O3P/c1-4-28-18-24(32)21-10-12-29-11-7-9-23(31)14-20(16-26-2)19-34-13-6-5-8-22(27-3)15-25(33)30-17-21/h20-22,26-29,34H,4-19H2,1-3H3,(H,30,33). The number of nitrogens with one attached hydrogen (secondary N) is 5. The van der Waals surface area contributed by atoms with Gasteiger partial charge in [0, 0.05) is 37.8 Å². The van der Waals surface area contributed by atoms with Gasteiger partial charge < -0.3 is 26.6 Å². The number of carbonyl (C=O) groups is 3. The third-order valence-corrected chi connectivity index (χ3v) is 8.04. The first-order valence-electron chi connectivity index (χ1n) is 13.2. The van der Waals surface area contributed by atoms with E-state index in [9.17, 15) is 14.4 Å². The van der Waals surface area contributed by atoms with E-state index < -0.39 is 0 Å². The summed E-state index contributed by atoms with van der Waals surface area (Å²) in [6.45, 7) is 5.82. The molecule has 0 saturated carbocycles. The molecule has 0 aromatic carbocycles. The Labute approximate surface area is 209 Å². The average Bonchev–Trinajstić information content (AvgIpc) is 2.82. The van der Waals surface area contributed by atoms with Crippen molar-refractivity contribution in [3.8, 4) is 0 Å². The molecular weight excluding hydrogens is 449 g/mol. The predicted molar refractivity (Wildman–Crippen MR) is 143 cm³/mol. The number of amides is 1. The van der Waals surface area contributed by atoms with Gasteiger partial charge in [-0.2, -0.15) is 0 Å². The van der Waals surface area contributed by atoms with Crippen LogP contribution in [0.25, 0.3) is 0 Å². The van der Waals surface area contributed by atoms with Gasteiger partial charge in [-0.15, -0.1) is 8.58 Å². The average molecular weight is 500 g/mol. The van der Waals surface area contributed by atoms with Crippen LogP contribution < -0.4 is 26.6 Å². The van der Waals surface area contributed by atoms with Crippen molar-refractivity contribution in [3.05, 3.63) is 0 Å². The molecule has 1 rings (SSSR count). The number of ketones is 2. The van der Waals surface area contributed by atoms with Crippen LogP contribution in [0.5, 0.6) is 0 Å². The second-order valence-corrected chi connectivity index (χ2v) is 10.9. The highest BCUT2D eigenvalue weighted by molar-refractivity contribution is 7.37. The topological polar surface area (TPSA) is 111 Å². The molecular formula is C25H50N5O3P. The number of Topliss-reactive ketones (excluding diaryl/α,β-unsaturated/α-hetero) is 2. The molecule has 9 heteroatoms. The van der Waals surface area contributed by atoms with E-state index in [0.29, 0.717) is 57.0 Å². The van der Waals surface area contributed by atoms with Gasteiger partial charge in [0.1, 0.15) is 5.78 Å². The Bertz CT molecular complexity index is 579. The van der Waals surface area contributed by atoms with Gasteiger partial charge in [-0.3, -0.25) is 14.4 Å². The summed E-state index contributed by atoms with van der Waals surface area (Å²) in [5, 5.41) is 16.0. The maximum atomic E-state index is 12.6. The third-order valence-electron chi connectivity index (χ3n) is 6.47. The third kappa shape index (κ3) is 15.2. The van der Waals surface area contributed by atoms with Crippen molar-refractivity contribution < 1.29 is 14.4 Å². The van der Waals surface area contributed by atoms with Gasteiger partial charge >= 0.3 is 0 Å². The summed E-state index contributed by atoms with van der Waals surface area (Å²) < 4.78 is 0. The minimum absolute atomic E-state index is 0.00902. The highest BCUT2D eigenvalue weighted by Crippen LogP contribution is 2.21.